The number of fused-ring (bicyclic) bond motifs is 3. The van der Waals surface area contributed by atoms with E-state index < -0.39 is 6.04 Å². The molecular formula is C31H33NO4S2. The summed E-state index contributed by atoms with van der Waals surface area (Å²) >= 11 is 0. The number of hydrogen-bond acceptors (Lipinski definition) is 6. The third-order valence-corrected chi connectivity index (χ3v) is 9.63. The van der Waals surface area contributed by atoms with Crippen LogP contribution in [0.4, 0.5) is 0 Å². The van der Waals surface area contributed by atoms with Gasteiger partial charge in [-0.05, 0) is 46.9 Å². The minimum atomic E-state index is -0.553. The monoisotopic (exact) mass is 547 g/mol. The van der Waals surface area contributed by atoms with Crippen LogP contribution in [0.25, 0.3) is 11.1 Å². The molecule has 1 aliphatic carbocycles. The fraction of sp³-hybridized carbons (Fsp3) is 0.323. The van der Waals surface area contributed by atoms with E-state index in [9.17, 15) is 14.4 Å². The summed E-state index contributed by atoms with van der Waals surface area (Å²) in [5.74, 6) is -0.171. The molecule has 198 valence electrons. The number of carbonyl (C=O) groups is 3. The average molecular weight is 548 g/mol. The van der Waals surface area contributed by atoms with Crippen LogP contribution in [0.2, 0.25) is 0 Å². The first-order valence-corrected chi connectivity index (χ1v) is 15.0. The maximum atomic E-state index is 12.7. The fourth-order valence-electron chi connectivity index (χ4n) is 4.39. The number of rotatable bonds is 10. The van der Waals surface area contributed by atoms with E-state index in [-0.39, 0.29) is 41.4 Å². The number of nitrogens with one attached hydrogen (secondary N) is 1. The molecule has 5 nitrogen and oxygen atoms in total. The molecule has 0 bridgehead atoms. The van der Waals surface area contributed by atoms with Crippen LogP contribution < -0.4 is 5.32 Å². The Hall–Kier alpha value is -3.03. The first kappa shape index (κ1) is 28.0. The molecule has 3 aromatic carbocycles. The summed E-state index contributed by atoms with van der Waals surface area (Å²) in [5, 5.41) is 2.83. The van der Waals surface area contributed by atoms with Crippen LogP contribution >= 0.6 is 21.6 Å². The summed E-state index contributed by atoms with van der Waals surface area (Å²) in [5.41, 5.74) is 5.94. The van der Waals surface area contributed by atoms with Crippen molar-refractivity contribution in [1.82, 2.24) is 5.32 Å². The van der Waals surface area contributed by atoms with E-state index in [1.54, 1.807) is 45.9 Å². The number of hydrogen-bond donors (Lipinski definition) is 1. The van der Waals surface area contributed by atoms with Gasteiger partial charge in [0.05, 0.1) is 12.5 Å². The van der Waals surface area contributed by atoms with Crippen molar-refractivity contribution >= 4 is 39.2 Å². The van der Waals surface area contributed by atoms with E-state index in [4.69, 9.17) is 4.74 Å². The molecule has 1 unspecified atom stereocenters. The summed E-state index contributed by atoms with van der Waals surface area (Å²) in [6.07, 6.45) is 0.120. The van der Waals surface area contributed by atoms with Gasteiger partial charge in [-0.3, -0.25) is 14.4 Å². The zero-order chi connectivity index (χ0) is 27.3. The summed E-state index contributed by atoms with van der Waals surface area (Å²) in [6, 6.07) is 22.8. The standard InChI is InChI=1S/C31H33NO4S2/c1-20(33)28(19-37-38-31(2,3)4)32-30(35)22-15-13-21(14-16-22)17-29(34)36-18-27-25-11-7-5-9-23(25)24-10-6-8-12-26(24)27/h5-16,27-28H,17-19H2,1-4H3,(H,32,35). The topological polar surface area (TPSA) is 72.5 Å². The zero-order valence-corrected chi connectivity index (χ0v) is 23.8. The molecule has 1 aliphatic rings. The van der Waals surface area contributed by atoms with Gasteiger partial charge < -0.3 is 10.1 Å². The molecule has 0 fully saturated rings. The smallest absolute Gasteiger partial charge is 0.310 e. The Bertz CT molecular complexity index is 1270. The molecule has 1 amide bonds. The molecule has 3 aromatic rings. The highest BCUT2D eigenvalue weighted by atomic mass is 33.1. The SMILES string of the molecule is CC(=O)C(CSSC(C)(C)C)NC(=O)c1ccc(CC(=O)OCC2c3ccccc3-c3ccccc32)cc1. The largest absolute Gasteiger partial charge is 0.464 e. The van der Waals surface area contributed by atoms with Crippen LogP contribution in [0.3, 0.4) is 0 Å². The molecule has 0 aliphatic heterocycles. The van der Waals surface area contributed by atoms with E-state index in [0.29, 0.717) is 11.3 Å². The van der Waals surface area contributed by atoms with E-state index in [0.717, 1.165) is 5.56 Å². The number of benzene rings is 3. The zero-order valence-electron chi connectivity index (χ0n) is 22.2. The van der Waals surface area contributed by atoms with Crippen LogP contribution in [-0.4, -0.2) is 40.8 Å². The first-order valence-electron chi connectivity index (χ1n) is 12.7. The van der Waals surface area contributed by atoms with Gasteiger partial charge in [-0.25, -0.2) is 0 Å². The van der Waals surface area contributed by atoms with Gasteiger partial charge in [-0.1, -0.05) is 103 Å². The van der Waals surface area contributed by atoms with Crippen molar-refractivity contribution < 1.29 is 19.1 Å². The highest BCUT2D eigenvalue weighted by Crippen LogP contribution is 2.44. The highest BCUT2D eigenvalue weighted by molar-refractivity contribution is 8.77. The van der Waals surface area contributed by atoms with E-state index in [1.165, 1.54) is 29.2 Å². The number of ketones is 1. The van der Waals surface area contributed by atoms with Crippen molar-refractivity contribution in [3.05, 3.63) is 95.1 Å². The summed E-state index contributed by atoms with van der Waals surface area (Å²) < 4.78 is 5.77. The lowest BCUT2D eigenvalue weighted by atomic mass is 9.98. The molecule has 1 atom stereocenters. The van der Waals surface area contributed by atoms with Crippen LogP contribution in [-0.2, 0) is 20.7 Å². The predicted molar refractivity (Wildman–Crippen MR) is 157 cm³/mol. The summed E-state index contributed by atoms with van der Waals surface area (Å²) in [4.78, 5) is 37.4. The number of amides is 1. The molecule has 0 saturated heterocycles. The van der Waals surface area contributed by atoms with Gasteiger partial charge in [0, 0.05) is 22.0 Å². The lowest BCUT2D eigenvalue weighted by molar-refractivity contribution is -0.143. The van der Waals surface area contributed by atoms with Crippen LogP contribution in [0, 0.1) is 0 Å². The van der Waals surface area contributed by atoms with Crippen molar-refractivity contribution in [1.29, 1.82) is 0 Å². The van der Waals surface area contributed by atoms with Crippen molar-refractivity contribution in [2.24, 2.45) is 0 Å². The van der Waals surface area contributed by atoms with Gasteiger partial charge in [0.25, 0.3) is 5.91 Å². The third kappa shape index (κ3) is 7.08. The maximum absolute atomic E-state index is 12.7. The van der Waals surface area contributed by atoms with Crippen LogP contribution in [0.5, 0.6) is 0 Å². The Kier molecular flexibility index (Phi) is 9.00. The second-order valence-corrected chi connectivity index (χ2v) is 13.6. The van der Waals surface area contributed by atoms with Gasteiger partial charge in [0.1, 0.15) is 6.61 Å². The Morgan fingerprint density at radius 2 is 1.47 bits per heavy atom. The molecule has 0 heterocycles. The van der Waals surface area contributed by atoms with E-state index >= 15 is 0 Å². The molecule has 0 saturated carbocycles. The van der Waals surface area contributed by atoms with Crippen LogP contribution in [0.15, 0.2) is 72.8 Å². The number of carbonyl (C=O) groups excluding carboxylic acids is 3. The summed E-state index contributed by atoms with van der Waals surface area (Å²) in [7, 11) is 3.26. The normalized spacial score (nSPS) is 13.4. The predicted octanol–water partition coefficient (Wildman–Crippen LogP) is 6.45. The summed E-state index contributed by atoms with van der Waals surface area (Å²) in [6.45, 7) is 8.10. The first-order chi connectivity index (χ1) is 18.1. The second kappa shape index (κ2) is 12.2. The Labute approximate surface area is 232 Å². The fourth-order valence-corrected chi connectivity index (χ4v) is 6.94. The van der Waals surface area contributed by atoms with Crippen molar-refractivity contribution in [2.45, 2.75) is 50.8 Å². The van der Waals surface area contributed by atoms with Gasteiger partial charge in [0.2, 0.25) is 0 Å². The Morgan fingerprint density at radius 1 is 0.895 bits per heavy atom. The van der Waals surface area contributed by atoms with Crippen molar-refractivity contribution in [3.8, 4) is 11.1 Å². The Balaban J connectivity index is 1.31. The highest BCUT2D eigenvalue weighted by Gasteiger charge is 2.29. The number of esters is 1. The third-order valence-electron chi connectivity index (χ3n) is 6.28. The maximum Gasteiger partial charge on any atom is 0.310 e. The average Bonchev–Trinajstić information content (AvgIpc) is 3.20. The molecular weight excluding hydrogens is 514 g/mol. The molecule has 4 rings (SSSR count). The quantitative estimate of drug-likeness (QED) is 0.232. The Morgan fingerprint density at radius 3 is 2.03 bits per heavy atom. The minimum absolute atomic E-state index is 0.0200. The minimum Gasteiger partial charge on any atom is -0.464 e. The van der Waals surface area contributed by atoms with Crippen molar-refractivity contribution in [3.63, 3.8) is 0 Å². The van der Waals surface area contributed by atoms with E-state index in [2.05, 4.69) is 50.4 Å². The van der Waals surface area contributed by atoms with Crippen molar-refractivity contribution in [2.75, 3.05) is 12.4 Å². The number of ether oxygens (including phenoxy) is 1. The second-order valence-electron chi connectivity index (χ2n) is 10.4. The van der Waals surface area contributed by atoms with Gasteiger partial charge >= 0.3 is 5.97 Å². The van der Waals surface area contributed by atoms with Gasteiger partial charge in [-0.15, -0.1) is 0 Å². The molecule has 0 aromatic heterocycles. The number of Topliss-reactive ketones (excluding diaryl/α,β-unsaturated/α-hetero) is 1. The van der Waals surface area contributed by atoms with Gasteiger partial charge in [0.15, 0.2) is 5.78 Å². The molecule has 38 heavy (non-hydrogen) atoms. The molecule has 7 heteroatoms. The lowest BCUT2D eigenvalue weighted by Gasteiger charge is -2.20. The lowest BCUT2D eigenvalue weighted by Crippen LogP contribution is -2.41. The van der Waals surface area contributed by atoms with Crippen LogP contribution in [0.1, 0.15) is 60.7 Å². The van der Waals surface area contributed by atoms with Gasteiger partial charge in [-0.2, -0.15) is 0 Å². The van der Waals surface area contributed by atoms with E-state index in [1.807, 2.05) is 24.3 Å². The molecule has 0 spiro atoms. The molecule has 0 radical (unpaired) electrons. The molecule has 1 N–H and O–H groups in total.